The average molecular weight is 509 g/mol. The number of halogens is 1. The highest BCUT2D eigenvalue weighted by Crippen LogP contribution is 2.33. The van der Waals surface area contributed by atoms with E-state index in [2.05, 4.69) is 24.1 Å². The summed E-state index contributed by atoms with van der Waals surface area (Å²) in [5.41, 5.74) is 3.78. The van der Waals surface area contributed by atoms with Crippen molar-refractivity contribution in [3.05, 3.63) is 76.7 Å². The molecule has 0 bridgehead atoms. The summed E-state index contributed by atoms with van der Waals surface area (Å²) in [7, 11) is 0. The molecular weight excluding hydrogens is 471 g/mol. The number of ether oxygens (including phenoxy) is 1. The molecule has 0 saturated carbocycles. The number of piperazine rings is 1. The van der Waals surface area contributed by atoms with Gasteiger partial charge in [0, 0.05) is 45.0 Å². The molecule has 2 amide bonds. The van der Waals surface area contributed by atoms with Crippen LogP contribution in [0.15, 0.2) is 59.8 Å². The molecule has 1 N–H and O–H groups in total. The first-order chi connectivity index (χ1) is 17.8. The highest BCUT2D eigenvalue weighted by molar-refractivity contribution is 5.95. The maximum atomic E-state index is 14.3. The van der Waals surface area contributed by atoms with Gasteiger partial charge >= 0.3 is 12.0 Å². The van der Waals surface area contributed by atoms with Gasteiger partial charge in [-0.3, -0.25) is 9.80 Å². The molecule has 37 heavy (non-hydrogen) atoms. The minimum absolute atomic E-state index is 0.226. The molecule has 1 atom stereocenters. The second kappa shape index (κ2) is 11.8. The number of likely N-dealkylation sites (N-methyl/N-ethyl adjacent to an activating group) is 1. The van der Waals surface area contributed by atoms with E-state index in [0.717, 1.165) is 5.56 Å². The van der Waals surface area contributed by atoms with Gasteiger partial charge in [-0.15, -0.1) is 0 Å². The molecule has 2 heterocycles. The van der Waals surface area contributed by atoms with Crippen molar-refractivity contribution in [1.29, 1.82) is 0 Å². The molecule has 2 aliphatic rings. The van der Waals surface area contributed by atoms with Crippen LogP contribution in [0.1, 0.15) is 50.8 Å². The minimum Gasteiger partial charge on any atom is -0.463 e. The second-order valence-corrected chi connectivity index (χ2v) is 9.74. The van der Waals surface area contributed by atoms with Crippen molar-refractivity contribution >= 4 is 17.7 Å². The van der Waals surface area contributed by atoms with Crippen LogP contribution >= 0.6 is 0 Å². The van der Waals surface area contributed by atoms with Gasteiger partial charge in [-0.05, 0) is 43.0 Å². The van der Waals surface area contributed by atoms with Crippen LogP contribution < -0.4 is 10.2 Å². The number of para-hydroxylation sites is 1. The molecule has 2 aliphatic heterocycles. The molecule has 7 nitrogen and oxygen atoms in total. The summed E-state index contributed by atoms with van der Waals surface area (Å²) in [6, 6.07) is 14.0. The Bertz CT molecular complexity index is 1140. The van der Waals surface area contributed by atoms with Crippen LogP contribution in [0.5, 0.6) is 0 Å². The third-order valence-electron chi connectivity index (χ3n) is 7.13. The van der Waals surface area contributed by atoms with Gasteiger partial charge in [0.1, 0.15) is 5.82 Å². The van der Waals surface area contributed by atoms with Gasteiger partial charge in [0.15, 0.2) is 0 Å². The summed E-state index contributed by atoms with van der Waals surface area (Å²) >= 11 is 0. The number of amides is 2. The number of carbonyl (C=O) groups excluding carboxylic acids is 2. The highest BCUT2D eigenvalue weighted by atomic mass is 19.1. The van der Waals surface area contributed by atoms with E-state index in [1.807, 2.05) is 42.2 Å². The van der Waals surface area contributed by atoms with Gasteiger partial charge < -0.3 is 15.0 Å². The molecule has 198 valence electrons. The molecular formula is C29H37FN4O3. The number of benzene rings is 2. The number of hydrogen-bond acceptors (Lipinski definition) is 5. The number of esters is 1. The van der Waals surface area contributed by atoms with E-state index < -0.39 is 12.0 Å². The van der Waals surface area contributed by atoms with Crippen molar-refractivity contribution in [1.82, 2.24) is 15.1 Å². The number of nitrogens with one attached hydrogen (secondary N) is 1. The molecule has 1 saturated heterocycles. The fourth-order valence-corrected chi connectivity index (χ4v) is 5.05. The molecule has 2 aromatic carbocycles. The SMILES string of the molecule is CCOC(=O)C1=C(CN2CCN(c3ccccc3F)CC2)N(CC)C(=O)N[C@@H]1c1ccc(C(C)C)cc1. The first kappa shape index (κ1) is 26.7. The zero-order valence-corrected chi connectivity index (χ0v) is 22.2. The predicted molar refractivity (Wildman–Crippen MR) is 143 cm³/mol. The molecule has 2 aromatic rings. The lowest BCUT2D eigenvalue weighted by molar-refractivity contribution is -0.139. The smallest absolute Gasteiger partial charge is 0.338 e. The second-order valence-electron chi connectivity index (χ2n) is 9.74. The Morgan fingerprint density at radius 2 is 1.73 bits per heavy atom. The van der Waals surface area contributed by atoms with Gasteiger partial charge in [0.2, 0.25) is 0 Å². The Morgan fingerprint density at radius 3 is 2.32 bits per heavy atom. The number of hydrogen-bond donors (Lipinski definition) is 1. The molecule has 4 rings (SSSR count). The van der Waals surface area contributed by atoms with E-state index in [1.165, 1.54) is 11.6 Å². The lowest BCUT2D eigenvalue weighted by atomic mass is 9.92. The molecule has 0 aromatic heterocycles. The standard InChI is InChI=1S/C29H37FN4O3/c1-5-34-25(19-32-15-17-33(18-16-32)24-10-8-7-9-23(24)30)26(28(35)37-6-2)27(31-29(34)36)22-13-11-21(12-14-22)20(3)4/h7-14,20,27H,5-6,15-19H2,1-4H3,(H,31,36)/t27-/m1/s1. The van der Waals surface area contributed by atoms with Crippen LogP contribution in [0.3, 0.4) is 0 Å². The number of urea groups is 1. The van der Waals surface area contributed by atoms with Crippen molar-refractivity contribution in [2.24, 2.45) is 0 Å². The Balaban J connectivity index is 1.64. The monoisotopic (exact) mass is 508 g/mol. The van der Waals surface area contributed by atoms with E-state index in [1.54, 1.807) is 24.0 Å². The van der Waals surface area contributed by atoms with Gasteiger partial charge in [-0.1, -0.05) is 50.2 Å². The fourth-order valence-electron chi connectivity index (χ4n) is 5.05. The quantitative estimate of drug-likeness (QED) is 0.525. The third-order valence-corrected chi connectivity index (χ3v) is 7.13. The van der Waals surface area contributed by atoms with Crippen LogP contribution in [0.4, 0.5) is 14.9 Å². The predicted octanol–water partition coefficient (Wildman–Crippen LogP) is 4.67. The van der Waals surface area contributed by atoms with Crippen molar-refractivity contribution in [3.63, 3.8) is 0 Å². The minimum atomic E-state index is -0.592. The summed E-state index contributed by atoms with van der Waals surface area (Å²) in [6.07, 6.45) is 0. The molecule has 0 unspecified atom stereocenters. The normalized spacial score (nSPS) is 18.9. The summed E-state index contributed by atoms with van der Waals surface area (Å²) < 4.78 is 19.8. The number of rotatable bonds is 8. The van der Waals surface area contributed by atoms with Crippen LogP contribution in [0.25, 0.3) is 0 Å². The zero-order chi connectivity index (χ0) is 26.5. The zero-order valence-electron chi connectivity index (χ0n) is 22.2. The topological polar surface area (TPSA) is 65.1 Å². The summed E-state index contributed by atoms with van der Waals surface area (Å²) in [5, 5.41) is 3.03. The summed E-state index contributed by atoms with van der Waals surface area (Å²) in [4.78, 5) is 32.4. The average Bonchev–Trinajstić information content (AvgIpc) is 2.89. The van der Waals surface area contributed by atoms with Crippen LogP contribution in [0, 0.1) is 5.82 Å². The van der Waals surface area contributed by atoms with Crippen LogP contribution in [-0.4, -0.2) is 67.7 Å². The third kappa shape index (κ3) is 5.80. The fraction of sp³-hybridized carbons (Fsp3) is 0.448. The van der Waals surface area contributed by atoms with E-state index in [-0.39, 0.29) is 18.5 Å². The molecule has 1 fully saturated rings. The highest BCUT2D eigenvalue weighted by Gasteiger charge is 2.38. The number of nitrogens with zero attached hydrogens (tertiary/aromatic N) is 3. The van der Waals surface area contributed by atoms with E-state index >= 15 is 0 Å². The van der Waals surface area contributed by atoms with E-state index in [9.17, 15) is 14.0 Å². The lowest BCUT2D eigenvalue weighted by Gasteiger charge is -2.41. The van der Waals surface area contributed by atoms with Crippen molar-refractivity contribution in [2.45, 2.75) is 39.7 Å². The largest absolute Gasteiger partial charge is 0.463 e. The van der Waals surface area contributed by atoms with Crippen molar-refractivity contribution < 1.29 is 18.7 Å². The molecule has 8 heteroatoms. The van der Waals surface area contributed by atoms with Crippen LogP contribution in [-0.2, 0) is 9.53 Å². The Morgan fingerprint density at radius 1 is 1.05 bits per heavy atom. The maximum Gasteiger partial charge on any atom is 0.338 e. The van der Waals surface area contributed by atoms with Gasteiger partial charge in [0.25, 0.3) is 0 Å². The first-order valence-corrected chi connectivity index (χ1v) is 13.1. The van der Waals surface area contributed by atoms with Gasteiger partial charge in [-0.25, -0.2) is 14.0 Å². The van der Waals surface area contributed by atoms with Crippen molar-refractivity contribution in [2.75, 3.05) is 50.8 Å². The number of anilines is 1. The van der Waals surface area contributed by atoms with Gasteiger partial charge in [-0.2, -0.15) is 0 Å². The van der Waals surface area contributed by atoms with E-state index in [0.29, 0.717) is 62.1 Å². The van der Waals surface area contributed by atoms with Crippen LogP contribution in [0.2, 0.25) is 0 Å². The first-order valence-electron chi connectivity index (χ1n) is 13.1. The Labute approximate surface area is 218 Å². The molecule has 0 spiro atoms. The lowest BCUT2D eigenvalue weighted by Crippen LogP contribution is -2.53. The van der Waals surface area contributed by atoms with E-state index in [4.69, 9.17) is 4.74 Å². The number of carbonyl (C=O) groups is 2. The molecule has 0 aliphatic carbocycles. The van der Waals surface area contributed by atoms with Crippen molar-refractivity contribution in [3.8, 4) is 0 Å². The Kier molecular flexibility index (Phi) is 8.48. The Hall–Kier alpha value is -3.39. The summed E-state index contributed by atoms with van der Waals surface area (Å²) in [6.45, 7) is 11.7. The molecule has 0 radical (unpaired) electrons. The van der Waals surface area contributed by atoms with Gasteiger partial charge in [0.05, 0.1) is 23.9 Å². The summed E-state index contributed by atoms with van der Waals surface area (Å²) in [5.74, 6) is -0.265. The maximum absolute atomic E-state index is 14.3.